The smallest absolute Gasteiger partial charge is 0.338 e. The van der Waals surface area contributed by atoms with Crippen molar-refractivity contribution < 1.29 is 146 Å². The van der Waals surface area contributed by atoms with E-state index in [0.29, 0.717) is 23.1 Å². The van der Waals surface area contributed by atoms with Crippen LogP contribution in [0, 0.1) is 105 Å². The molecular weight excluding hydrogens is 1250 g/mol. The maximum absolute atomic E-state index is 15.3. The van der Waals surface area contributed by atoms with E-state index in [9.17, 15) is 29.7 Å². The molecule has 0 spiro atoms. The zero-order valence-electron chi connectivity index (χ0n) is 37.4. The molecule has 3 aromatic carbocycles. The van der Waals surface area contributed by atoms with E-state index in [2.05, 4.69) is 5.32 Å². The van der Waals surface area contributed by atoms with Gasteiger partial charge in [0.2, 0.25) is 0 Å². The van der Waals surface area contributed by atoms with E-state index in [0.717, 1.165) is 6.42 Å². The fraction of sp³-hybridized carbons (Fsp3) is 0.510. The Balaban J connectivity index is 0.00000385. The Labute approximate surface area is 446 Å². The number of carbonyl (C=O) groups is 4. The summed E-state index contributed by atoms with van der Waals surface area (Å²) in [6, 6.07) is 24.5. The fourth-order valence-corrected chi connectivity index (χ4v) is 10.5. The Morgan fingerprint density at radius 3 is 2.03 bits per heavy atom. The van der Waals surface area contributed by atoms with Crippen LogP contribution < -0.4 is 5.32 Å². The molecule has 7 rings (SSSR count). The number of carbonyl (C=O) groups excluding carboxylic acids is 4. The van der Waals surface area contributed by atoms with Gasteiger partial charge in [-0.25, -0.2) is 9.59 Å². The van der Waals surface area contributed by atoms with Crippen molar-refractivity contribution in [2.45, 2.75) is 121 Å². The Bertz CT molecular complexity index is 2160. The maximum Gasteiger partial charge on any atom is 0.338 e. The first-order chi connectivity index (χ1) is 29.5. The molecule has 13 nitrogen and oxygen atoms in total. The largest absolute Gasteiger partial charge is 0.456 e. The summed E-state index contributed by atoms with van der Waals surface area (Å²) in [6.45, 7) is 10.4. The predicted octanol–water partition coefficient (Wildman–Crippen LogP) is 5.46. The molecule has 4 aliphatic rings. The van der Waals surface area contributed by atoms with Crippen LogP contribution in [-0.4, -0.2) is 107 Å². The van der Waals surface area contributed by atoms with Crippen LogP contribution in [0.1, 0.15) is 99.5 Å². The number of aliphatic hydroxyl groups is 3. The van der Waals surface area contributed by atoms with Crippen molar-refractivity contribution in [3.8, 4) is 0 Å². The number of unbranched alkanes of at least 4 members (excludes halogenated alkanes) is 1. The van der Waals surface area contributed by atoms with E-state index >= 15 is 4.79 Å². The second-order valence-electron chi connectivity index (χ2n) is 17.8. The van der Waals surface area contributed by atoms with E-state index in [1.807, 2.05) is 6.92 Å². The minimum atomic E-state index is -2.21. The van der Waals surface area contributed by atoms with Gasteiger partial charge in [-0.2, -0.15) is 0 Å². The molecule has 2 unspecified atom stereocenters. The predicted molar refractivity (Wildman–Crippen MR) is 227 cm³/mol. The average Bonchev–Trinajstić information content (AvgIpc) is 3.26. The Morgan fingerprint density at radius 2 is 1.47 bits per heavy atom. The molecule has 1 amide bonds. The van der Waals surface area contributed by atoms with Gasteiger partial charge in [0.1, 0.15) is 29.5 Å². The van der Waals surface area contributed by atoms with Crippen molar-refractivity contribution >= 4 is 23.6 Å². The third-order valence-corrected chi connectivity index (χ3v) is 14.0. The SMILES string of the molecule is CCCCO[C@H]1CC2OC[C@@]2(O)[C@H]2[C@H](OC(=O)c3ccccc3)[C@]3(O)C[C@H](OC(=O)[C@H](OCC)[C@@H](NC(=O)c4ccccc4)c4ccccc4)C(C)=C([C@@H](O)C(=O)C12C)C3(C)C.[Ac].[Ac]. The van der Waals surface area contributed by atoms with Crippen LogP contribution in [0.3, 0.4) is 0 Å². The molecule has 2 saturated carbocycles. The minimum Gasteiger partial charge on any atom is -0.456 e. The number of rotatable bonds is 14. The average molecular weight is 1310 g/mol. The number of Topliss-reactive ketones (excluding diaryl/α,β-unsaturated/α-hetero) is 1. The summed E-state index contributed by atoms with van der Waals surface area (Å²) in [5.74, 6) is -4.23. The second-order valence-corrected chi connectivity index (χ2v) is 17.8. The summed E-state index contributed by atoms with van der Waals surface area (Å²) in [5.41, 5.74) is -5.78. The van der Waals surface area contributed by atoms with Crippen molar-refractivity contribution in [1.82, 2.24) is 5.32 Å². The zero-order chi connectivity index (χ0) is 44.6. The van der Waals surface area contributed by atoms with Gasteiger partial charge in [-0.3, -0.25) is 9.59 Å². The van der Waals surface area contributed by atoms with Crippen molar-refractivity contribution in [2.75, 3.05) is 19.8 Å². The molecule has 15 heteroatoms. The third-order valence-electron chi connectivity index (χ3n) is 14.0. The number of hydrogen-bond donors (Lipinski definition) is 4. The monoisotopic (exact) mass is 1310 g/mol. The summed E-state index contributed by atoms with van der Waals surface area (Å²) in [7, 11) is 0. The van der Waals surface area contributed by atoms with Gasteiger partial charge in [0.25, 0.3) is 5.91 Å². The van der Waals surface area contributed by atoms with Gasteiger partial charge in [0, 0.05) is 131 Å². The van der Waals surface area contributed by atoms with Gasteiger partial charge in [-0.1, -0.05) is 93.9 Å². The number of nitrogens with one attached hydrogen (secondary N) is 1. The summed E-state index contributed by atoms with van der Waals surface area (Å²) >= 11 is 0. The van der Waals surface area contributed by atoms with Gasteiger partial charge in [-0.05, 0) is 68.2 Å². The zero-order valence-corrected chi connectivity index (χ0v) is 46.9. The first-order valence-electron chi connectivity index (χ1n) is 21.6. The van der Waals surface area contributed by atoms with Gasteiger partial charge in [-0.15, -0.1) is 0 Å². The number of amides is 1. The summed E-state index contributed by atoms with van der Waals surface area (Å²) in [4.78, 5) is 58.0. The molecule has 3 fully saturated rings. The minimum absolute atomic E-state index is 0. The maximum atomic E-state index is 15.3. The second kappa shape index (κ2) is 21.6. The Hall–Kier alpha value is -1.88. The molecule has 1 aliphatic heterocycles. The molecule has 1 heterocycles. The summed E-state index contributed by atoms with van der Waals surface area (Å²) in [5, 5.41) is 41.8. The first kappa shape index (κ1) is 53.1. The van der Waals surface area contributed by atoms with E-state index in [1.54, 1.807) is 126 Å². The molecule has 0 aromatic heterocycles. The van der Waals surface area contributed by atoms with Crippen LogP contribution >= 0.6 is 0 Å². The van der Waals surface area contributed by atoms with Crippen molar-refractivity contribution in [3.63, 3.8) is 0 Å². The van der Waals surface area contributed by atoms with Crippen molar-refractivity contribution in [1.29, 1.82) is 0 Å². The topological polar surface area (TPSA) is 187 Å². The number of benzene rings is 3. The van der Waals surface area contributed by atoms with Crippen LogP contribution in [0.4, 0.5) is 0 Å². The molecule has 2 bridgehead atoms. The van der Waals surface area contributed by atoms with E-state index in [4.69, 9.17) is 23.7 Å². The third kappa shape index (κ3) is 9.58. The van der Waals surface area contributed by atoms with Crippen LogP contribution in [0.15, 0.2) is 102 Å². The molecule has 4 N–H and O–H groups in total. The van der Waals surface area contributed by atoms with E-state index < -0.39 is 94.2 Å². The van der Waals surface area contributed by atoms with Crippen molar-refractivity contribution in [2.24, 2.45) is 16.7 Å². The molecule has 3 aliphatic carbocycles. The van der Waals surface area contributed by atoms with Gasteiger partial charge < -0.3 is 44.3 Å². The van der Waals surface area contributed by atoms with Crippen molar-refractivity contribution in [3.05, 3.63) is 119 Å². The number of ether oxygens (including phenoxy) is 5. The van der Waals surface area contributed by atoms with Gasteiger partial charge >= 0.3 is 11.9 Å². The van der Waals surface area contributed by atoms with Crippen LogP contribution in [0.5, 0.6) is 0 Å². The molecular formula is C49H59Ac2NO12. The number of hydrogen-bond acceptors (Lipinski definition) is 12. The number of ketones is 1. The Kier molecular flexibility index (Phi) is 17.9. The molecule has 3 aromatic rings. The summed E-state index contributed by atoms with van der Waals surface area (Å²) in [6.07, 6.45) is -6.75. The van der Waals surface area contributed by atoms with E-state index in [-0.39, 0.29) is 132 Å². The molecule has 2 radical (unpaired) electrons. The Morgan fingerprint density at radius 1 is 0.875 bits per heavy atom. The van der Waals surface area contributed by atoms with Crippen LogP contribution in [0.2, 0.25) is 0 Å². The fourth-order valence-electron chi connectivity index (χ4n) is 10.5. The molecule has 338 valence electrons. The number of fused-ring (bicyclic) bond motifs is 5. The number of aliphatic hydroxyl groups excluding tert-OH is 1. The normalized spacial score (nSPS) is 31.1. The van der Waals surface area contributed by atoms with Crippen LogP contribution in [-0.2, 0) is 33.3 Å². The van der Waals surface area contributed by atoms with Crippen LogP contribution in [0.25, 0.3) is 0 Å². The summed E-state index contributed by atoms with van der Waals surface area (Å²) < 4.78 is 31.3. The standard InChI is InChI=1S/C49H59NO12.2Ac/c1-7-9-25-59-34-26-35-48(56,28-60-35)40-42(62-44(54)32-23-17-12-18-24-32)49(57)27-33(29(3)36(46(49,4)5)38(51)41(52)47(34,40)6)61-45(55)39(58-8-2)37(30-19-13-10-14-20-30)50-43(53)31-21-15-11-16-22-31;;/h10-24,33-35,37-40,42,51,56-57H,7-9,25-28H2,1-6H3,(H,50,53);;/t33-,34-,35?,37-,38+,39+,40-,42-,47?,48-,49+;;/m0../s1. The molecule has 64 heavy (non-hydrogen) atoms. The molecule has 1 saturated heterocycles. The molecule has 11 atom stereocenters. The number of esters is 2. The quantitative estimate of drug-likeness (QED) is 0.0909. The van der Waals surface area contributed by atoms with Gasteiger partial charge in [0.05, 0.1) is 35.8 Å². The first-order valence-corrected chi connectivity index (χ1v) is 21.6. The van der Waals surface area contributed by atoms with E-state index in [1.165, 1.54) is 0 Å². The van der Waals surface area contributed by atoms with Gasteiger partial charge in [0.15, 0.2) is 11.9 Å².